The smallest absolute Gasteiger partial charge is 0.203 e. The average Bonchev–Trinajstić information content (AvgIpc) is 3.52. The van der Waals surface area contributed by atoms with E-state index in [1.54, 1.807) is 0 Å². The van der Waals surface area contributed by atoms with Gasteiger partial charge >= 0.3 is 0 Å². The maximum Gasteiger partial charge on any atom is 0.203 e. The van der Waals surface area contributed by atoms with Gasteiger partial charge in [-0.25, -0.2) is 4.98 Å². The van der Waals surface area contributed by atoms with Crippen molar-refractivity contribution in [2.75, 3.05) is 0 Å². The number of hydrogen-bond acceptors (Lipinski definition) is 5. The summed E-state index contributed by atoms with van der Waals surface area (Å²) in [5, 5.41) is 33.5. The summed E-state index contributed by atoms with van der Waals surface area (Å²) in [5.41, 5.74) is 3.47. The lowest BCUT2D eigenvalue weighted by atomic mass is 9.57. The molecule has 40 heavy (non-hydrogen) atoms. The summed E-state index contributed by atoms with van der Waals surface area (Å²) in [5.74, 6) is 2.43. The van der Waals surface area contributed by atoms with Crippen molar-refractivity contribution in [2.45, 2.75) is 129 Å². The Kier molecular flexibility index (Phi) is 8.15. The number of allylic oxidation sites excluding steroid dienone is 4. The molecule has 0 aliphatic heterocycles. The first-order valence-electron chi connectivity index (χ1n) is 15.7. The second kappa shape index (κ2) is 11.0. The first-order chi connectivity index (χ1) is 18.9. The number of unbranched alkanes of at least 4 members (excludes halogenated alkanes) is 1. The number of hydrogen-bond donors (Lipinski definition) is 3. The topological polar surface area (TPSA) is 86.7 Å². The van der Waals surface area contributed by atoms with Crippen molar-refractivity contribution in [2.24, 2.45) is 22.7 Å². The van der Waals surface area contributed by atoms with Crippen molar-refractivity contribution in [1.82, 2.24) is 4.98 Å². The third-order valence-corrected chi connectivity index (χ3v) is 11.1. The van der Waals surface area contributed by atoms with Gasteiger partial charge in [-0.1, -0.05) is 64.5 Å². The summed E-state index contributed by atoms with van der Waals surface area (Å²) in [7, 11) is 0. The maximum absolute atomic E-state index is 12.0. The summed E-state index contributed by atoms with van der Waals surface area (Å²) in [4.78, 5) is 4.74. The number of nitrogens with zero attached hydrogens (tertiary/aromatic N) is 1. The summed E-state index contributed by atoms with van der Waals surface area (Å²) < 4.78 is 6.36. The van der Waals surface area contributed by atoms with Gasteiger partial charge in [-0.15, -0.1) is 0 Å². The van der Waals surface area contributed by atoms with Crippen LogP contribution in [0.5, 0.6) is 0 Å². The molecule has 5 nitrogen and oxygen atoms in total. The van der Waals surface area contributed by atoms with E-state index in [1.165, 1.54) is 31.3 Å². The molecule has 0 amide bonds. The minimum atomic E-state index is -0.833. The van der Waals surface area contributed by atoms with Crippen LogP contribution in [0.15, 0.2) is 57.7 Å². The van der Waals surface area contributed by atoms with Crippen LogP contribution in [0.25, 0.3) is 0 Å². The molecule has 1 aromatic rings. The summed E-state index contributed by atoms with van der Waals surface area (Å²) in [6.07, 6.45) is 16.2. The first-order valence-corrected chi connectivity index (χ1v) is 15.7. The van der Waals surface area contributed by atoms with Gasteiger partial charge in [0.2, 0.25) is 5.89 Å². The molecule has 0 radical (unpaired) electrons. The van der Waals surface area contributed by atoms with Crippen molar-refractivity contribution in [3.8, 4) is 0 Å². The van der Waals surface area contributed by atoms with Crippen LogP contribution in [0.4, 0.5) is 0 Å². The molecule has 3 N–H and O–H groups in total. The van der Waals surface area contributed by atoms with Crippen molar-refractivity contribution in [3.63, 3.8) is 0 Å². The number of aromatic nitrogens is 1. The number of rotatable bonds is 4. The van der Waals surface area contributed by atoms with E-state index >= 15 is 0 Å². The van der Waals surface area contributed by atoms with Gasteiger partial charge in [0.1, 0.15) is 5.76 Å². The number of aryl methyl sites for hydroxylation is 1. The molecular formula is C35H51NO4. The Morgan fingerprint density at radius 2 is 1.90 bits per heavy atom. The van der Waals surface area contributed by atoms with Gasteiger partial charge in [-0.05, 0) is 97.7 Å². The molecule has 2 unspecified atom stereocenters. The SMILES string of the molecule is C=C1/C(=C2\C=C3/CCC[C@@]4(C)C3CC[C@@H]4C(C)(C)/C=C/[C@@H](O)C(C)(c3ncc(CCCC)o3)C2)C[C@@H](O)C[C@@H]1O. The summed E-state index contributed by atoms with van der Waals surface area (Å²) in [6.45, 7) is 15.7. The number of aliphatic hydroxyl groups excluding tert-OH is 3. The van der Waals surface area contributed by atoms with E-state index in [0.717, 1.165) is 42.6 Å². The van der Waals surface area contributed by atoms with Crippen LogP contribution < -0.4 is 0 Å². The molecule has 5 heteroatoms. The van der Waals surface area contributed by atoms with Crippen molar-refractivity contribution in [1.29, 1.82) is 0 Å². The van der Waals surface area contributed by atoms with E-state index in [-0.39, 0.29) is 10.8 Å². The van der Waals surface area contributed by atoms with Crippen LogP contribution in [-0.4, -0.2) is 38.6 Å². The molecule has 0 spiro atoms. The normalized spacial score (nSPS) is 42.0. The summed E-state index contributed by atoms with van der Waals surface area (Å²) in [6, 6.07) is 0. The lowest BCUT2D eigenvalue weighted by Gasteiger charge is -2.48. The predicted molar refractivity (Wildman–Crippen MR) is 160 cm³/mol. The highest BCUT2D eigenvalue weighted by molar-refractivity contribution is 5.46. The van der Waals surface area contributed by atoms with E-state index in [1.807, 2.05) is 19.2 Å². The molecule has 3 fully saturated rings. The average molecular weight is 550 g/mol. The van der Waals surface area contributed by atoms with Gasteiger partial charge in [0.15, 0.2) is 0 Å². The van der Waals surface area contributed by atoms with Gasteiger partial charge in [0.05, 0.1) is 29.9 Å². The van der Waals surface area contributed by atoms with Crippen LogP contribution in [0.1, 0.15) is 110 Å². The molecule has 0 aromatic carbocycles. The molecule has 1 aromatic heterocycles. The Bertz CT molecular complexity index is 1200. The molecule has 4 bridgehead atoms. The fraction of sp³-hybridized carbons (Fsp3) is 0.686. The Balaban J connectivity index is 1.70. The Labute approximate surface area is 241 Å². The monoisotopic (exact) mass is 549 g/mol. The van der Waals surface area contributed by atoms with Gasteiger partial charge < -0.3 is 19.7 Å². The number of aliphatic hydroxyl groups is 3. The van der Waals surface area contributed by atoms with Crippen LogP contribution in [0, 0.1) is 22.7 Å². The van der Waals surface area contributed by atoms with E-state index in [9.17, 15) is 15.3 Å². The second-order valence-corrected chi connectivity index (χ2v) is 14.4. The molecule has 4 aliphatic carbocycles. The minimum absolute atomic E-state index is 0.0525. The highest BCUT2D eigenvalue weighted by Gasteiger charge is 2.54. The molecule has 1 heterocycles. The van der Waals surface area contributed by atoms with Crippen molar-refractivity contribution in [3.05, 3.63) is 64.9 Å². The second-order valence-electron chi connectivity index (χ2n) is 14.4. The maximum atomic E-state index is 12.0. The highest BCUT2D eigenvalue weighted by atomic mass is 16.4. The van der Waals surface area contributed by atoms with Crippen LogP contribution in [-0.2, 0) is 11.8 Å². The standard InChI is InChI=1S/C35H51NO4/c1-7-8-11-26-21-36-32(40-26)35(6)20-24(27-18-25(37)19-29(38)22(27)2)17-23-10-9-15-34(5)28(23)12-13-30(34)33(3,4)16-14-31(35)39/h14,16-17,21,25,28-31,37-39H,2,7-13,15,18-20H2,1,3-6H3/b16-14+,23-17+,27-24+/t25-,28?,29+,30-,31-,34+,35?/m1/s1. The summed E-state index contributed by atoms with van der Waals surface area (Å²) >= 11 is 0. The zero-order valence-corrected chi connectivity index (χ0v) is 25.4. The Morgan fingerprint density at radius 1 is 1.12 bits per heavy atom. The predicted octanol–water partition coefficient (Wildman–Crippen LogP) is 7.13. The van der Waals surface area contributed by atoms with E-state index in [0.29, 0.717) is 42.6 Å². The molecule has 0 saturated heterocycles. The Morgan fingerprint density at radius 3 is 2.65 bits per heavy atom. The molecule has 220 valence electrons. The third kappa shape index (κ3) is 5.23. The fourth-order valence-corrected chi connectivity index (χ4v) is 8.70. The quantitative estimate of drug-likeness (QED) is 0.348. The van der Waals surface area contributed by atoms with Crippen LogP contribution in [0.2, 0.25) is 0 Å². The number of oxazole rings is 1. The molecule has 7 atom stereocenters. The lowest BCUT2D eigenvalue weighted by Crippen LogP contribution is -2.41. The van der Waals surface area contributed by atoms with Crippen molar-refractivity contribution < 1.29 is 19.7 Å². The van der Waals surface area contributed by atoms with Crippen molar-refractivity contribution >= 4 is 0 Å². The zero-order valence-electron chi connectivity index (χ0n) is 25.4. The van der Waals surface area contributed by atoms with E-state index in [4.69, 9.17) is 9.40 Å². The minimum Gasteiger partial charge on any atom is -0.445 e. The Hall–Kier alpha value is -1.95. The largest absolute Gasteiger partial charge is 0.445 e. The molecule has 5 rings (SSSR count). The van der Waals surface area contributed by atoms with Crippen LogP contribution in [0.3, 0.4) is 0 Å². The van der Waals surface area contributed by atoms with Gasteiger partial charge in [-0.3, -0.25) is 0 Å². The molecule has 4 aliphatic rings. The molecular weight excluding hydrogens is 498 g/mol. The first kappa shape index (κ1) is 29.5. The van der Waals surface area contributed by atoms with E-state index < -0.39 is 23.7 Å². The highest BCUT2D eigenvalue weighted by Crippen LogP contribution is 2.62. The lowest BCUT2D eigenvalue weighted by molar-refractivity contribution is 0.0680. The fourth-order valence-electron chi connectivity index (χ4n) is 8.70. The molecule has 3 saturated carbocycles. The van der Waals surface area contributed by atoms with Gasteiger partial charge in [-0.2, -0.15) is 0 Å². The zero-order chi connectivity index (χ0) is 28.9. The van der Waals surface area contributed by atoms with E-state index in [2.05, 4.69) is 46.4 Å². The third-order valence-electron chi connectivity index (χ3n) is 11.1. The van der Waals surface area contributed by atoms with Gasteiger partial charge in [0, 0.05) is 12.8 Å². The van der Waals surface area contributed by atoms with Crippen LogP contribution >= 0.6 is 0 Å². The van der Waals surface area contributed by atoms with Gasteiger partial charge in [0.25, 0.3) is 0 Å².